The maximum atomic E-state index is 10.1. The van der Waals surface area contributed by atoms with Crippen LogP contribution in [0.1, 0.15) is 10.4 Å². The van der Waals surface area contributed by atoms with Crippen LogP contribution in [0.5, 0.6) is 0 Å². The minimum absolute atomic E-state index is 0.220. The van der Waals surface area contributed by atoms with Gasteiger partial charge in [-0.1, -0.05) is 30.3 Å². The molecule has 0 aliphatic heterocycles. The van der Waals surface area contributed by atoms with Gasteiger partial charge in [-0.2, -0.15) is 0 Å². The van der Waals surface area contributed by atoms with Gasteiger partial charge in [-0.25, -0.2) is 0 Å². The molecule has 4 heteroatoms. The Morgan fingerprint density at radius 2 is 1.73 bits per heavy atom. The van der Waals surface area contributed by atoms with Gasteiger partial charge in [0, 0.05) is 0 Å². The topological polar surface area (TPSA) is 66.1 Å². The third-order valence-corrected chi connectivity index (χ3v) is 1.01. The van der Waals surface area contributed by atoms with Crippen LogP contribution in [0, 0.1) is 0 Å². The Morgan fingerprint density at radius 3 is 2.00 bits per heavy atom. The summed E-state index contributed by atoms with van der Waals surface area (Å²) in [5, 5.41) is 10.1. The maximum absolute atomic E-state index is 10.1. The van der Waals surface area contributed by atoms with Gasteiger partial charge in [0.25, 0.3) is 0 Å². The predicted molar refractivity (Wildman–Crippen MR) is 40.7 cm³/mol. The van der Waals surface area contributed by atoms with Crippen LogP contribution in [-0.2, 0) is 0 Å². The minimum atomic E-state index is -1.13. The fourth-order valence-corrected chi connectivity index (χ4v) is 0.574. The van der Waals surface area contributed by atoms with Crippen molar-refractivity contribution in [2.45, 2.75) is 0 Å². The normalized spacial score (nSPS) is 7.91. The summed E-state index contributed by atoms with van der Waals surface area (Å²) in [7, 11) is 0. The van der Waals surface area contributed by atoms with E-state index in [1.807, 2.05) is 0 Å². The van der Waals surface area contributed by atoms with Gasteiger partial charge in [0.1, 0.15) is 0 Å². The number of carboxylic acids is 1. The molecule has 0 saturated carbocycles. The molecule has 11 heavy (non-hydrogen) atoms. The standard InChI is InChI=1S/C7H6O2.Ca.H2N/c8-7(9)6-4-2-1-3-5-6;;/h1-5H,(H,8,9);;1H2/q;+2;-1/p-1. The molecule has 0 aliphatic carbocycles. The Balaban J connectivity index is 0.000000461. The molecule has 0 saturated heterocycles. The number of aromatic carboxylic acids is 1. The van der Waals surface area contributed by atoms with E-state index in [2.05, 4.69) is 2.22 Å². The van der Waals surface area contributed by atoms with Gasteiger partial charge < -0.3 is 9.90 Å². The first-order valence-electron chi connectivity index (χ1n) is 2.98. The first kappa shape index (κ1) is 10.9. The number of carboxylic acid groups (broad SMARTS) is 1. The zero-order valence-electron chi connectivity index (χ0n) is 5.99. The zero-order valence-corrected chi connectivity index (χ0v) is 8.20. The predicted octanol–water partition coefficient (Wildman–Crippen LogP) is -0.921. The van der Waals surface area contributed by atoms with Crippen LogP contribution in [0.15, 0.2) is 30.3 Å². The van der Waals surface area contributed by atoms with E-state index in [-0.39, 0.29) is 5.56 Å². The molecule has 2 N–H and O–H groups in total. The molecule has 0 unspecified atom stereocenters. The fraction of sp³-hybridized carbons (Fsp3) is 0. The van der Waals surface area contributed by atoms with Gasteiger partial charge in [0.15, 0.2) is 0 Å². The summed E-state index contributed by atoms with van der Waals surface area (Å²) in [6.07, 6.45) is 0. The summed E-state index contributed by atoms with van der Waals surface area (Å²) in [4.78, 5) is 10.1. The van der Waals surface area contributed by atoms with Crippen molar-refractivity contribution in [3.05, 3.63) is 35.9 Å². The Hall–Kier alpha value is -0.0903. The number of carbonyl (C=O) groups is 1. The van der Waals surface area contributed by atoms with Gasteiger partial charge in [0.2, 0.25) is 0 Å². The van der Waals surface area contributed by atoms with Crippen molar-refractivity contribution >= 4 is 42.1 Å². The molecule has 1 rings (SSSR count). The Kier molecular flexibility index (Phi) is 6.56. The summed E-state index contributed by atoms with van der Waals surface area (Å²) in [5.41, 5.74) is 0.220. The number of hydrogen-bond donors (Lipinski definition) is 1. The van der Waals surface area contributed by atoms with Crippen LogP contribution in [0.2, 0.25) is 0 Å². The van der Waals surface area contributed by atoms with Gasteiger partial charge in [-0.15, -0.1) is 0 Å². The fourth-order valence-electron chi connectivity index (χ4n) is 0.574. The van der Waals surface area contributed by atoms with E-state index in [0.717, 1.165) is 36.2 Å². The summed E-state index contributed by atoms with van der Waals surface area (Å²) in [5.74, 6) is -1.13. The number of carbonyl (C=O) groups excluding carboxylic acids is 1. The third-order valence-electron chi connectivity index (χ3n) is 1.01. The van der Waals surface area contributed by atoms with Gasteiger partial charge in [0.05, 0.1) is 5.97 Å². The van der Waals surface area contributed by atoms with Crippen molar-refractivity contribution in [3.63, 3.8) is 0 Å². The zero-order chi connectivity index (χ0) is 8.69. The van der Waals surface area contributed by atoms with E-state index >= 15 is 0 Å². The van der Waals surface area contributed by atoms with Gasteiger partial charge in [-0.3, -0.25) is 0 Å². The SMILES string of the molecule is O=C([O-])c1ccccc1.[NH2][Ca+]. The molecule has 1 aromatic rings. The molecular formula is C7H7CaNO2. The molecule has 0 atom stereocenters. The van der Waals surface area contributed by atoms with E-state index in [1.165, 1.54) is 12.1 Å². The number of benzene rings is 1. The quantitative estimate of drug-likeness (QED) is 0.564. The molecule has 1 aromatic carbocycles. The van der Waals surface area contributed by atoms with Gasteiger partial charge >= 0.3 is 38.4 Å². The summed E-state index contributed by atoms with van der Waals surface area (Å²) in [6, 6.07) is 8.06. The van der Waals surface area contributed by atoms with E-state index in [0.29, 0.717) is 0 Å². The van der Waals surface area contributed by atoms with Crippen molar-refractivity contribution < 1.29 is 9.90 Å². The molecule has 54 valence electrons. The summed E-state index contributed by atoms with van der Waals surface area (Å²) >= 11 is 0.875. The summed E-state index contributed by atoms with van der Waals surface area (Å²) < 4.78 is 4.62. The third kappa shape index (κ3) is 4.37. The Morgan fingerprint density at radius 1 is 1.27 bits per heavy atom. The molecule has 0 spiro atoms. The van der Waals surface area contributed by atoms with Crippen LogP contribution >= 0.6 is 0 Å². The Labute approximate surface area is 89.5 Å². The van der Waals surface area contributed by atoms with Crippen molar-refractivity contribution in [2.24, 2.45) is 2.22 Å². The summed E-state index contributed by atoms with van der Waals surface area (Å²) in [6.45, 7) is 0. The molecule has 0 fully saturated rings. The molecule has 3 nitrogen and oxygen atoms in total. The number of nitrogens with two attached hydrogens (primary N) is 1. The second-order valence-corrected chi connectivity index (χ2v) is 1.65. The average molecular weight is 177 g/mol. The Bertz CT molecular complexity index is 213. The average Bonchev–Trinajstić information content (AvgIpc) is 2.10. The van der Waals surface area contributed by atoms with Crippen LogP contribution in [-0.4, -0.2) is 42.1 Å². The van der Waals surface area contributed by atoms with E-state index in [9.17, 15) is 9.90 Å². The van der Waals surface area contributed by atoms with Gasteiger partial charge in [-0.05, 0) is 5.56 Å². The van der Waals surface area contributed by atoms with Crippen LogP contribution < -0.4 is 7.33 Å². The van der Waals surface area contributed by atoms with Crippen LogP contribution in [0.25, 0.3) is 0 Å². The molecule has 0 aromatic heterocycles. The molecule has 0 aliphatic rings. The van der Waals surface area contributed by atoms with Crippen molar-refractivity contribution in [3.8, 4) is 0 Å². The van der Waals surface area contributed by atoms with Crippen LogP contribution in [0.3, 0.4) is 0 Å². The molecule has 0 radical (unpaired) electrons. The second kappa shape index (κ2) is 6.61. The first-order chi connectivity index (χ1) is 5.30. The van der Waals surface area contributed by atoms with Crippen molar-refractivity contribution in [2.75, 3.05) is 0 Å². The molecule has 0 heterocycles. The first-order valence-corrected chi connectivity index (χ1v) is 4.25. The van der Waals surface area contributed by atoms with Crippen LogP contribution in [0.4, 0.5) is 0 Å². The van der Waals surface area contributed by atoms with E-state index < -0.39 is 5.97 Å². The second-order valence-electron chi connectivity index (χ2n) is 1.65. The number of rotatable bonds is 1. The van der Waals surface area contributed by atoms with Crippen molar-refractivity contribution in [1.29, 1.82) is 0 Å². The number of hydrogen-bond acceptors (Lipinski definition) is 3. The monoisotopic (exact) mass is 177 g/mol. The molecule has 0 bridgehead atoms. The van der Waals surface area contributed by atoms with E-state index in [1.54, 1.807) is 18.2 Å². The molecule has 0 amide bonds. The molecular weight excluding hydrogens is 170 g/mol. The van der Waals surface area contributed by atoms with E-state index in [4.69, 9.17) is 0 Å². The van der Waals surface area contributed by atoms with Crippen molar-refractivity contribution in [1.82, 2.24) is 0 Å².